The normalized spacial score (nSPS) is 12.3. The largest absolute Gasteiger partial charge is 0.325 e. The van der Waals surface area contributed by atoms with Crippen molar-refractivity contribution in [3.8, 4) is 0 Å². The molecule has 0 saturated carbocycles. The highest BCUT2D eigenvalue weighted by molar-refractivity contribution is 7.89. The third-order valence-electron chi connectivity index (χ3n) is 4.58. The third kappa shape index (κ3) is 5.76. The van der Waals surface area contributed by atoms with Gasteiger partial charge in [0.2, 0.25) is 15.9 Å². The number of rotatable bonds is 8. The Balaban J connectivity index is 1.82. The summed E-state index contributed by atoms with van der Waals surface area (Å²) in [6, 6.07) is 24.0. The summed E-state index contributed by atoms with van der Waals surface area (Å²) in [5.41, 5.74) is 2.66. The van der Waals surface area contributed by atoms with Crippen LogP contribution in [0.15, 0.2) is 89.8 Å². The second-order valence-electron chi connectivity index (χ2n) is 6.72. The Labute approximate surface area is 171 Å². The average molecular weight is 409 g/mol. The van der Waals surface area contributed by atoms with Gasteiger partial charge in [0.25, 0.3) is 0 Å². The number of anilines is 1. The first-order valence-electron chi connectivity index (χ1n) is 9.49. The number of carbonyl (C=O) groups excluding carboxylic acids is 1. The number of nitrogens with one attached hydrogen (secondary N) is 2. The summed E-state index contributed by atoms with van der Waals surface area (Å²) in [6.45, 7) is 2.06. The molecule has 0 heterocycles. The van der Waals surface area contributed by atoms with Crippen LogP contribution >= 0.6 is 0 Å². The Hall–Kier alpha value is -2.96. The molecule has 3 aromatic rings. The smallest absolute Gasteiger partial charge is 0.242 e. The lowest BCUT2D eigenvalue weighted by molar-refractivity contribution is -0.117. The van der Waals surface area contributed by atoms with E-state index < -0.39 is 22.0 Å². The molecule has 0 fully saturated rings. The fourth-order valence-electron chi connectivity index (χ4n) is 2.95. The van der Waals surface area contributed by atoms with Gasteiger partial charge in [-0.15, -0.1) is 0 Å². The molecular weight excluding hydrogens is 384 g/mol. The van der Waals surface area contributed by atoms with Crippen LogP contribution in [0.4, 0.5) is 5.69 Å². The first-order valence-corrected chi connectivity index (χ1v) is 11.0. The molecular formula is C23H24N2O3S. The second kappa shape index (κ2) is 9.49. The highest BCUT2D eigenvalue weighted by atomic mass is 32.2. The fraction of sp³-hybridized carbons (Fsp3) is 0.174. The van der Waals surface area contributed by atoms with Crippen LogP contribution in [0.25, 0.3) is 0 Å². The topological polar surface area (TPSA) is 75.3 Å². The van der Waals surface area contributed by atoms with E-state index in [2.05, 4.69) is 17.0 Å². The first-order chi connectivity index (χ1) is 14.0. The van der Waals surface area contributed by atoms with Crippen molar-refractivity contribution in [2.45, 2.75) is 30.7 Å². The molecule has 150 valence electrons. The number of sulfonamides is 1. The molecule has 2 N–H and O–H groups in total. The predicted molar refractivity (Wildman–Crippen MR) is 115 cm³/mol. The molecule has 0 spiro atoms. The van der Waals surface area contributed by atoms with Crippen molar-refractivity contribution in [2.75, 3.05) is 5.32 Å². The van der Waals surface area contributed by atoms with Gasteiger partial charge in [-0.1, -0.05) is 67.6 Å². The summed E-state index contributed by atoms with van der Waals surface area (Å²) in [5.74, 6) is -0.405. The van der Waals surface area contributed by atoms with Crippen molar-refractivity contribution in [1.29, 1.82) is 0 Å². The van der Waals surface area contributed by atoms with Crippen LogP contribution in [-0.2, 0) is 27.7 Å². The maximum Gasteiger partial charge on any atom is 0.242 e. The van der Waals surface area contributed by atoms with E-state index in [0.29, 0.717) is 5.69 Å². The Bertz CT molecular complexity index is 1030. The van der Waals surface area contributed by atoms with Gasteiger partial charge in [-0.25, -0.2) is 8.42 Å². The summed E-state index contributed by atoms with van der Waals surface area (Å²) in [5, 5.41) is 2.82. The molecule has 6 heteroatoms. The monoisotopic (exact) mass is 408 g/mol. The molecule has 0 bridgehead atoms. The van der Waals surface area contributed by atoms with Crippen molar-refractivity contribution in [3.63, 3.8) is 0 Å². The number of amides is 1. The lowest BCUT2D eigenvalue weighted by Crippen LogP contribution is -2.45. The summed E-state index contributed by atoms with van der Waals surface area (Å²) in [7, 11) is -3.84. The van der Waals surface area contributed by atoms with Crippen molar-refractivity contribution < 1.29 is 13.2 Å². The maximum atomic E-state index is 12.9. The Morgan fingerprint density at radius 2 is 1.41 bits per heavy atom. The van der Waals surface area contributed by atoms with Gasteiger partial charge in [-0.3, -0.25) is 4.79 Å². The number of aryl methyl sites for hydroxylation is 1. The van der Waals surface area contributed by atoms with Crippen molar-refractivity contribution in [1.82, 2.24) is 4.72 Å². The summed E-state index contributed by atoms with van der Waals surface area (Å²) < 4.78 is 28.1. The van der Waals surface area contributed by atoms with Crippen LogP contribution in [0.3, 0.4) is 0 Å². The molecule has 3 rings (SSSR count). The van der Waals surface area contributed by atoms with Crippen LogP contribution < -0.4 is 10.0 Å². The van der Waals surface area contributed by atoms with Crippen molar-refractivity contribution in [3.05, 3.63) is 96.1 Å². The molecule has 0 aliphatic carbocycles. The zero-order valence-electron chi connectivity index (χ0n) is 16.2. The SMILES string of the molecule is CCc1ccc(NC(=O)[C@H](Cc2ccccc2)NS(=O)(=O)c2ccccc2)cc1. The number of hydrogen-bond acceptors (Lipinski definition) is 3. The third-order valence-corrected chi connectivity index (χ3v) is 6.07. The minimum absolute atomic E-state index is 0.123. The molecule has 29 heavy (non-hydrogen) atoms. The van der Waals surface area contributed by atoms with E-state index >= 15 is 0 Å². The second-order valence-corrected chi connectivity index (χ2v) is 8.43. The predicted octanol–water partition coefficient (Wildman–Crippen LogP) is 3.78. The Morgan fingerprint density at radius 1 is 0.828 bits per heavy atom. The molecule has 0 aromatic heterocycles. The minimum atomic E-state index is -3.84. The quantitative estimate of drug-likeness (QED) is 0.596. The van der Waals surface area contributed by atoms with E-state index in [1.165, 1.54) is 12.1 Å². The van der Waals surface area contributed by atoms with E-state index in [9.17, 15) is 13.2 Å². The van der Waals surface area contributed by atoms with Gasteiger partial charge in [0.15, 0.2) is 0 Å². The highest BCUT2D eigenvalue weighted by Crippen LogP contribution is 2.14. The molecule has 0 radical (unpaired) electrons. The molecule has 1 atom stereocenters. The lowest BCUT2D eigenvalue weighted by atomic mass is 10.1. The van der Waals surface area contributed by atoms with E-state index in [1.54, 1.807) is 18.2 Å². The minimum Gasteiger partial charge on any atom is -0.325 e. The van der Waals surface area contributed by atoms with E-state index in [0.717, 1.165) is 17.5 Å². The van der Waals surface area contributed by atoms with E-state index in [4.69, 9.17) is 0 Å². The van der Waals surface area contributed by atoms with Crippen LogP contribution in [0.2, 0.25) is 0 Å². The standard InChI is InChI=1S/C23H24N2O3S/c1-2-18-13-15-20(16-14-18)24-23(26)22(17-19-9-5-3-6-10-19)25-29(27,28)21-11-7-4-8-12-21/h3-16,22,25H,2,17H2,1H3,(H,24,26)/t22-/m0/s1. The summed E-state index contributed by atoms with van der Waals surface area (Å²) >= 11 is 0. The zero-order valence-corrected chi connectivity index (χ0v) is 17.0. The molecule has 0 aliphatic heterocycles. The van der Waals surface area contributed by atoms with E-state index in [-0.39, 0.29) is 11.3 Å². The fourth-order valence-corrected chi connectivity index (χ4v) is 4.16. The molecule has 1 amide bonds. The average Bonchev–Trinajstić information content (AvgIpc) is 2.75. The molecule has 0 saturated heterocycles. The van der Waals surface area contributed by atoms with Crippen LogP contribution in [-0.4, -0.2) is 20.4 Å². The van der Waals surface area contributed by atoms with Crippen LogP contribution in [0.1, 0.15) is 18.1 Å². The number of carbonyl (C=O) groups is 1. The van der Waals surface area contributed by atoms with Gasteiger partial charge in [0.05, 0.1) is 4.90 Å². The highest BCUT2D eigenvalue weighted by Gasteiger charge is 2.26. The van der Waals surface area contributed by atoms with Gasteiger partial charge in [0.1, 0.15) is 6.04 Å². The molecule has 3 aromatic carbocycles. The van der Waals surface area contributed by atoms with Gasteiger partial charge in [0, 0.05) is 5.69 Å². The van der Waals surface area contributed by atoms with Crippen molar-refractivity contribution in [2.24, 2.45) is 0 Å². The van der Waals surface area contributed by atoms with Gasteiger partial charge >= 0.3 is 0 Å². The zero-order chi connectivity index (χ0) is 20.7. The summed E-state index contributed by atoms with van der Waals surface area (Å²) in [4.78, 5) is 13.1. The molecule has 0 unspecified atom stereocenters. The van der Waals surface area contributed by atoms with Crippen molar-refractivity contribution >= 4 is 21.6 Å². The van der Waals surface area contributed by atoms with Gasteiger partial charge in [-0.2, -0.15) is 4.72 Å². The first kappa shape index (κ1) is 20.8. The van der Waals surface area contributed by atoms with Gasteiger partial charge < -0.3 is 5.32 Å². The molecule has 5 nitrogen and oxygen atoms in total. The Kier molecular flexibility index (Phi) is 6.80. The van der Waals surface area contributed by atoms with Crippen LogP contribution in [0.5, 0.6) is 0 Å². The lowest BCUT2D eigenvalue weighted by Gasteiger charge is -2.19. The number of hydrogen-bond donors (Lipinski definition) is 2. The maximum absolute atomic E-state index is 12.9. The van der Waals surface area contributed by atoms with Gasteiger partial charge in [-0.05, 0) is 48.2 Å². The van der Waals surface area contributed by atoms with Crippen LogP contribution in [0, 0.1) is 0 Å². The number of benzene rings is 3. The Morgan fingerprint density at radius 3 is 2.00 bits per heavy atom. The summed E-state index contributed by atoms with van der Waals surface area (Å²) in [6.07, 6.45) is 1.15. The molecule has 0 aliphatic rings. The van der Waals surface area contributed by atoms with E-state index in [1.807, 2.05) is 54.6 Å².